The summed E-state index contributed by atoms with van der Waals surface area (Å²) in [6, 6.07) is 12.0. The van der Waals surface area contributed by atoms with Gasteiger partial charge in [0, 0.05) is 31.1 Å². The van der Waals surface area contributed by atoms with E-state index in [1.807, 2.05) is 17.5 Å². The molecule has 2 heterocycles. The molecule has 1 aliphatic heterocycles. The third kappa shape index (κ3) is 3.26. The smallest absolute Gasteiger partial charge is 0.256 e. The number of carbonyl (C=O) groups is 1. The van der Waals surface area contributed by atoms with Crippen LogP contribution in [0.25, 0.3) is 0 Å². The van der Waals surface area contributed by atoms with Gasteiger partial charge in [0.05, 0.1) is 11.6 Å². The standard InChI is InChI=1S/C17H16FN3OS/c18-14-5-2-1-4-13(14)17(22)21-9-7-20(8-10-21)15(12-19)16-6-3-11-23-16/h1-6,11,15H,7-10H2. The molecule has 0 radical (unpaired) electrons. The Balaban J connectivity index is 1.66. The van der Waals surface area contributed by atoms with Crippen molar-refractivity contribution in [2.75, 3.05) is 26.2 Å². The summed E-state index contributed by atoms with van der Waals surface area (Å²) in [5.74, 6) is -0.777. The second kappa shape index (κ2) is 6.90. The molecule has 0 spiro atoms. The van der Waals surface area contributed by atoms with Crippen molar-refractivity contribution in [3.63, 3.8) is 0 Å². The van der Waals surface area contributed by atoms with Crippen molar-refractivity contribution in [3.8, 4) is 6.07 Å². The van der Waals surface area contributed by atoms with E-state index in [0.29, 0.717) is 26.2 Å². The minimum Gasteiger partial charge on any atom is -0.336 e. The van der Waals surface area contributed by atoms with Gasteiger partial charge in [0.25, 0.3) is 5.91 Å². The Morgan fingerprint density at radius 1 is 1.17 bits per heavy atom. The first-order valence-electron chi connectivity index (χ1n) is 7.41. The fourth-order valence-corrected chi connectivity index (χ4v) is 3.56. The number of nitrogens with zero attached hydrogens (tertiary/aromatic N) is 3. The van der Waals surface area contributed by atoms with Gasteiger partial charge >= 0.3 is 0 Å². The third-order valence-electron chi connectivity index (χ3n) is 4.01. The highest BCUT2D eigenvalue weighted by Gasteiger charge is 2.28. The van der Waals surface area contributed by atoms with Crippen LogP contribution in [0.3, 0.4) is 0 Å². The quantitative estimate of drug-likeness (QED) is 0.870. The number of hydrogen-bond donors (Lipinski definition) is 0. The van der Waals surface area contributed by atoms with E-state index in [1.165, 1.54) is 12.1 Å². The summed E-state index contributed by atoms with van der Waals surface area (Å²) in [5.41, 5.74) is 0.107. The summed E-state index contributed by atoms with van der Waals surface area (Å²) in [6.45, 7) is 2.21. The van der Waals surface area contributed by atoms with Crippen LogP contribution in [0.15, 0.2) is 41.8 Å². The lowest BCUT2D eigenvalue weighted by molar-refractivity contribution is 0.0603. The Kier molecular flexibility index (Phi) is 4.70. The molecule has 118 valence electrons. The summed E-state index contributed by atoms with van der Waals surface area (Å²) in [5, 5.41) is 11.4. The summed E-state index contributed by atoms with van der Waals surface area (Å²) >= 11 is 1.56. The molecule has 0 aliphatic carbocycles. The molecule has 1 atom stereocenters. The van der Waals surface area contributed by atoms with E-state index in [9.17, 15) is 14.4 Å². The van der Waals surface area contributed by atoms with E-state index < -0.39 is 5.82 Å². The Morgan fingerprint density at radius 2 is 1.91 bits per heavy atom. The van der Waals surface area contributed by atoms with E-state index in [4.69, 9.17) is 0 Å². The highest BCUT2D eigenvalue weighted by molar-refractivity contribution is 7.10. The number of halogens is 1. The van der Waals surface area contributed by atoms with E-state index in [2.05, 4.69) is 11.0 Å². The minimum atomic E-state index is -0.492. The van der Waals surface area contributed by atoms with Crippen LogP contribution in [0.1, 0.15) is 21.3 Å². The van der Waals surface area contributed by atoms with Gasteiger partial charge in [-0.3, -0.25) is 9.69 Å². The number of nitriles is 1. The average Bonchev–Trinajstić information content (AvgIpc) is 3.10. The van der Waals surface area contributed by atoms with Gasteiger partial charge in [-0.05, 0) is 23.6 Å². The van der Waals surface area contributed by atoms with Crippen LogP contribution in [0.4, 0.5) is 4.39 Å². The van der Waals surface area contributed by atoms with Gasteiger partial charge in [-0.2, -0.15) is 5.26 Å². The van der Waals surface area contributed by atoms with E-state index >= 15 is 0 Å². The van der Waals surface area contributed by atoms with Gasteiger partial charge in [-0.25, -0.2) is 4.39 Å². The number of amides is 1. The molecule has 1 fully saturated rings. The third-order valence-corrected chi connectivity index (χ3v) is 4.93. The van der Waals surface area contributed by atoms with Gasteiger partial charge in [0.15, 0.2) is 0 Å². The molecule has 4 nitrogen and oxygen atoms in total. The Morgan fingerprint density at radius 3 is 2.52 bits per heavy atom. The number of thiophene rings is 1. The fourth-order valence-electron chi connectivity index (χ4n) is 2.76. The molecule has 1 aromatic carbocycles. The summed E-state index contributed by atoms with van der Waals surface area (Å²) in [6.07, 6.45) is 0. The fraction of sp³-hybridized carbons (Fsp3) is 0.294. The molecule has 1 aliphatic rings. The molecule has 0 N–H and O–H groups in total. The van der Waals surface area contributed by atoms with Crippen molar-refractivity contribution < 1.29 is 9.18 Å². The summed E-state index contributed by atoms with van der Waals surface area (Å²) in [7, 11) is 0. The monoisotopic (exact) mass is 329 g/mol. The number of carbonyl (C=O) groups excluding carboxylic acids is 1. The minimum absolute atomic E-state index is 0.107. The van der Waals surface area contributed by atoms with E-state index in [1.54, 1.807) is 28.4 Å². The van der Waals surface area contributed by atoms with Crippen molar-refractivity contribution in [1.82, 2.24) is 9.80 Å². The molecule has 1 amide bonds. The van der Waals surface area contributed by atoms with Crippen LogP contribution in [-0.2, 0) is 0 Å². The predicted octanol–water partition coefficient (Wildman–Crippen LogP) is 2.91. The van der Waals surface area contributed by atoms with Crippen molar-refractivity contribution in [3.05, 3.63) is 58.0 Å². The van der Waals surface area contributed by atoms with Crippen molar-refractivity contribution in [2.45, 2.75) is 6.04 Å². The zero-order chi connectivity index (χ0) is 16.2. The molecule has 0 saturated carbocycles. The highest BCUT2D eigenvalue weighted by atomic mass is 32.1. The second-order valence-electron chi connectivity index (χ2n) is 5.36. The summed E-state index contributed by atoms with van der Waals surface area (Å²) in [4.78, 5) is 17.1. The van der Waals surface area contributed by atoms with E-state index in [0.717, 1.165) is 4.88 Å². The van der Waals surface area contributed by atoms with Gasteiger partial charge in [-0.1, -0.05) is 18.2 Å². The maximum atomic E-state index is 13.7. The number of hydrogen-bond acceptors (Lipinski definition) is 4. The zero-order valence-electron chi connectivity index (χ0n) is 12.5. The summed E-state index contributed by atoms with van der Waals surface area (Å²) < 4.78 is 13.7. The Bertz CT molecular complexity index is 718. The number of rotatable bonds is 3. The molecule has 3 rings (SSSR count). The predicted molar refractivity (Wildman–Crippen MR) is 86.5 cm³/mol. The largest absolute Gasteiger partial charge is 0.336 e. The lowest BCUT2D eigenvalue weighted by atomic mass is 10.1. The molecule has 6 heteroatoms. The normalized spacial score (nSPS) is 16.8. The molecule has 1 unspecified atom stereocenters. The van der Waals surface area contributed by atoms with Crippen molar-refractivity contribution in [2.24, 2.45) is 0 Å². The SMILES string of the molecule is N#CC(c1cccs1)N1CCN(C(=O)c2ccccc2F)CC1. The van der Waals surface area contributed by atoms with Crippen LogP contribution in [-0.4, -0.2) is 41.9 Å². The molecular weight excluding hydrogens is 313 g/mol. The molecule has 0 bridgehead atoms. The molecule has 2 aromatic rings. The van der Waals surface area contributed by atoms with Crippen LogP contribution in [0.2, 0.25) is 0 Å². The van der Waals surface area contributed by atoms with E-state index in [-0.39, 0.29) is 17.5 Å². The highest BCUT2D eigenvalue weighted by Crippen LogP contribution is 2.25. The van der Waals surface area contributed by atoms with Crippen LogP contribution in [0.5, 0.6) is 0 Å². The number of piperazine rings is 1. The van der Waals surface area contributed by atoms with Crippen molar-refractivity contribution >= 4 is 17.2 Å². The van der Waals surface area contributed by atoms with Crippen LogP contribution >= 0.6 is 11.3 Å². The lowest BCUT2D eigenvalue weighted by Gasteiger charge is -2.36. The van der Waals surface area contributed by atoms with Gasteiger partial charge in [-0.15, -0.1) is 11.3 Å². The van der Waals surface area contributed by atoms with Crippen LogP contribution in [0, 0.1) is 17.1 Å². The molecule has 1 aromatic heterocycles. The average molecular weight is 329 g/mol. The maximum absolute atomic E-state index is 13.7. The first-order valence-corrected chi connectivity index (χ1v) is 8.29. The Labute approximate surface area is 138 Å². The Hall–Kier alpha value is -2.23. The first kappa shape index (κ1) is 15.7. The van der Waals surface area contributed by atoms with Gasteiger partial charge in [0.1, 0.15) is 11.9 Å². The van der Waals surface area contributed by atoms with Gasteiger partial charge in [0.2, 0.25) is 0 Å². The topological polar surface area (TPSA) is 47.3 Å². The van der Waals surface area contributed by atoms with Crippen LogP contribution < -0.4 is 0 Å². The van der Waals surface area contributed by atoms with Crippen molar-refractivity contribution in [1.29, 1.82) is 5.26 Å². The van der Waals surface area contributed by atoms with Gasteiger partial charge < -0.3 is 4.90 Å². The zero-order valence-corrected chi connectivity index (χ0v) is 13.3. The molecular formula is C17H16FN3OS. The maximum Gasteiger partial charge on any atom is 0.256 e. The molecule has 1 saturated heterocycles. The molecule has 23 heavy (non-hydrogen) atoms. The second-order valence-corrected chi connectivity index (χ2v) is 6.33. The number of benzene rings is 1. The lowest BCUT2D eigenvalue weighted by Crippen LogP contribution is -2.49. The first-order chi connectivity index (χ1) is 11.2.